The minimum absolute atomic E-state index is 0.108. The molecule has 0 N–H and O–H groups in total. The van der Waals surface area contributed by atoms with Crippen LogP contribution in [-0.4, -0.2) is 18.5 Å². The summed E-state index contributed by atoms with van der Waals surface area (Å²) in [5, 5.41) is 0. The van der Waals surface area contributed by atoms with Gasteiger partial charge in [0.2, 0.25) is 5.82 Å². The van der Waals surface area contributed by atoms with Gasteiger partial charge in [-0.1, -0.05) is 58.3 Å². The fourth-order valence-electron chi connectivity index (χ4n) is 3.21. The maximum Gasteiger partial charge on any atom is 0.306 e. The normalized spacial score (nSPS) is 11.0. The average molecular weight is 481 g/mol. The molecule has 0 bridgehead atoms. The van der Waals surface area contributed by atoms with Gasteiger partial charge in [0.1, 0.15) is 6.61 Å². The number of rotatable bonds is 17. The van der Waals surface area contributed by atoms with Gasteiger partial charge in [-0.05, 0) is 19.3 Å². The van der Waals surface area contributed by atoms with Crippen molar-refractivity contribution in [2.45, 2.75) is 97.0 Å². The zero-order valence-electron chi connectivity index (χ0n) is 19.1. The van der Waals surface area contributed by atoms with Crippen molar-refractivity contribution in [1.82, 2.24) is 0 Å². The Morgan fingerprint density at radius 3 is 1.55 bits per heavy atom. The van der Waals surface area contributed by atoms with E-state index in [1.54, 1.807) is 0 Å². The van der Waals surface area contributed by atoms with Crippen LogP contribution in [0, 0.1) is 29.1 Å². The molecule has 0 fully saturated rings. The summed E-state index contributed by atoms with van der Waals surface area (Å²) in [6.45, 7) is 1.52. The zero-order valence-corrected chi connectivity index (χ0v) is 19.1. The lowest BCUT2D eigenvalue weighted by Gasteiger charge is -2.09. The molecule has 0 radical (unpaired) electrons. The summed E-state index contributed by atoms with van der Waals surface area (Å²) in [6, 6.07) is 0. The standard InChI is InChI=1S/C24H33F5O4/c1-2-3-4-5-6-7-8-12-15-32-18(30)13-10-9-11-14-19(31)33-16-17-20(25)22(27)24(29)23(28)21(17)26/h2-16H2,1H3. The maximum absolute atomic E-state index is 13.5. The predicted octanol–water partition coefficient (Wildman–Crippen LogP) is 7.06. The molecule has 0 saturated carbocycles. The van der Waals surface area contributed by atoms with Crippen LogP contribution in [0.3, 0.4) is 0 Å². The van der Waals surface area contributed by atoms with E-state index in [1.807, 2.05) is 0 Å². The Morgan fingerprint density at radius 1 is 0.576 bits per heavy atom. The molecule has 33 heavy (non-hydrogen) atoms. The molecule has 0 saturated heterocycles. The van der Waals surface area contributed by atoms with E-state index in [9.17, 15) is 31.5 Å². The molecular formula is C24H33F5O4. The second kappa shape index (κ2) is 16.4. The van der Waals surface area contributed by atoms with Crippen molar-refractivity contribution in [2.24, 2.45) is 0 Å². The van der Waals surface area contributed by atoms with Crippen LogP contribution in [0.25, 0.3) is 0 Å². The van der Waals surface area contributed by atoms with Crippen molar-refractivity contribution in [3.8, 4) is 0 Å². The first-order valence-corrected chi connectivity index (χ1v) is 11.6. The molecular weight excluding hydrogens is 447 g/mol. The molecule has 0 aliphatic heterocycles. The van der Waals surface area contributed by atoms with Crippen LogP contribution in [0.2, 0.25) is 0 Å². The van der Waals surface area contributed by atoms with Gasteiger partial charge in [0.25, 0.3) is 0 Å². The Morgan fingerprint density at radius 2 is 1.00 bits per heavy atom. The number of ether oxygens (including phenoxy) is 2. The van der Waals surface area contributed by atoms with Crippen LogP contribution in [0.15, 0.2) is 0 Å². The van der Waals surface area contributed by atoms with Crippen molar-refractivity contribution in [2.75, 3.05) is 6.61 Å². The lowest BCUT2D eigenvalue weighted by atomic mass is 10.1. The first-order valence-electron chi connectivity index (χ1n) is 11.6. The minimum Gasteiger partial charge on any atom is -0.466 e. The number of halogens is 5. The lowest BCUT2D eigenvalue weighted by Crippen LogP contribution is -2.11. The van der Waals surface area contributed by atoms with E-state index < -0.39 is 47.2 Å². The van der Waals surface area contributed by atoms with Gasteiger partial charge in [-0.15, -0.1) is 0 Å². The molecule has 1 rings (SSSR count). The van der Waals surface area contributed by atoms with Gasteiger partial charge in [0.05, 0.1) is 12.2 Å². The summed E-state index contributed by atoms with van der Waals surface area (Å²) < 4.78 is 76.1. The highest BCUT2D eigenvalue weighted by Gasteiger charge is 2.26. The summed E-state index contributed by atoms with van der Waals surface area (Å²) in [5.41, 5.74) is -1.20. The second-order valence-corrected chi connectivity index (χ2v) is 7.97. The van der Waals surface area contributed by atoms with E-state index in [2.05, 4.69) is 11.7 Å². The van der Waals surface area contributed by atoms with Gasteiger partial charge in [0.15, 0.2) is 23.3 Å². The van der Waals surface area contributed by atoms with Crippen molar-refractivity contribution in [3.63, 3.8) is 0 Å². The van der Waals surface area contributed by atoms with Crippen LogP contribution < -0.4 is 0 Å². The van der Waals surface area contributed by atoms with Gasteiger partial charge in [-0.3, -0.25) is 9.59 Å². The number of benzene rings is 1. The molecule has 0 heterocycles. The predicted molar refractivity (Wildman–Crippen MR) is 113 cm³/mol. The SMILES string of the molecule is CCCCCCCCCCOC(=O)CCCCCC(=O)OCc1c(F)c(F)c(F)c(F)c1F. The van der Waals surface area contributed by atoms with Gasteiger partial charge in [0, 0.05) is 12.8 Å². The maximum atomic E-state index is 13.5. The molecule has 188 valence electrons. The minimum atomic E-state index is -2.27. The Hall–Kier alpha value is -2.19. The lowest BCUT2D eigenvalue weighted by molar-refractivity contribution is -0.145. The van der Waals surface area contributed by atoms with Gasteiger partial charge in [-0.25, -0.2) is 22.0 Å². The Balaban J connectivity index is 2.10. The van der Waals surface area contributed by atoms with Crippen molar-refractivity contribution >= 4 is 11.9 Å². The molecule has 0 unspecified atom stereocenters. The molecule has 0 aliphatic carbocycles. The van der Waals surface area contributed by atoms with Crippen LogP contribution >= 0.6 is 0 Å². The summed E-state index contributed by atoms with van der Waals surface area (Å²) in [7, 11) is 0. The third-order valence-corrected chi connectivity index (χ3v) is 5.20. The van der Waals surface area contributed by atoms with Gasteiger partial charge < -0.3 is 9.47 Å². The summed E-state index contributed by atoms with van der Waals surface area (Å²) in [6.07, 6.45) is 10.7. The first-order chi connectivity index (χ1) is 15.8. The first kappa shape index (κ1) is 28.8. The molecule has 0 atom stereocenters. The molecule has 1 aromatic carbocycles. The van der Waals surface area contributed by atoms with Crippen LogP contribution in [0.4, 0.5) is 22.0 Å². The average Bonchev–Trinajstić information content (AvgIpc) is 2.80. The topological polar surface area (TPSA) is 52.6 Å². The Labute approximate surface area is 191 Å². The van der Waals surface area contributed by atoms with E-state index in [0.717, 1.165) is 19.3 Å². The monoisotopic (exact) mass is 480 g/mol. The summed E-state index contributed by atoms with van der Waals surface area (Å²) >= 11 is 0. The molecule has 0 aromatic heterocycles. The number of hydrogen-bond acceptors (Lipinski definition) is 4. The summed E-state index contributed by atoms with van der Waals surface area (Å²) in [5.74, 6) is -11.6. The largest absolute Gasteiger partial charge is 0.466 e. The third kappa shape index (κ3) is 11.0. The van der Waals surface area contributed by atoms with E-state index in [0.29, 0.717) is 25.9 Å². The van der Waals surface area contributed by atoms with Crippen molar-refractivity contribution in [3.05, 3.63) is 34.6 Å². The molecule has 0 amide bonds. The quantitative estimate of drug-likeness (QED) is 0.0788. The number of hydrogen-bond donors (Lipinski definition) is 0. The number of unbranched alkanes of at least 4 members (excludes halogenated alkanes) is 9. The zero-order chi connectivity index (χ0) is 24.6. The summed E-state index contributed by atoms with van der Waals surface area (Å²) in [4.78, 5) is 23.3. The second-order valence-electron chi connectivity index (χ2n) is 7.97. The molecule has 0 aliphatic rings. The highest BCUT2D eigenvalue weighted by atomic mass is 19.2. The van der Waals surface area contributed by atoms with Crippen LogP contribution in [-0.2, 0) is 25.7 Å². The Bertz CT molecular complexity index is 726. The third-order valence-electron chi connectivity index (χ3n) is 5.20. The molecule has 0 spiro atoms. The smallest absolute Gasteiger partial charge is 0.306 e. The van der Waals surface area contributed by atoms with Gasteiger partial charge in [-0.2, -0.15) is 0 Å². The number of carbonyl (C=O) groups is 2. The Kier molecular flexibility index (Phi) is 14.4. The molecule has 9 heteroatoms. The fraction of sp³-hybridized carbons (Fsp3) is 0.667. The van der Waals surface area contributed by atoms with Crippen LogP contribution in [0.5, 0.6) is 0 Å². The highest BCUT2D eigenvalue weighted by Crippen LogP contribution is 2.23. The van der Waals surface area contributed by atoms with E-state index in [-0.39, 0.29) is 18.8 Å². The molecule has 4 nitrogen and oxygen atoms in total. The highest BCUT2D eigenvalue weighted by molar-refractivity contribution is 5.70. The number of carbonyl (C=O) groups excluding carboxylic acids is 2. The van der Waals surface area contributed by atoms with E-state index in [4.69, 9.17) is 4.74 Å². The van der Waals surface area contributed by atoms with E-state index in [1.165, 1.54) is 32.1 Å². The van der Waals surface area contributed by atoms with Crippen molar-refractivity contribution < 1.29 is 41.0 Å². The number of esters is 2. The van der Waals surface area contributed by atoms with Gasteiger partial charge >= 0.3 is 11.9 Å². The van der Waals surface area contributed by atoms with E-state index >= 15 is 0 Å². The van der Waals surface area contributed by atoms with Crippen LogP contribution in [0.1, 0.15) is 96.0 Å². The molecule has 1 aromatic rings. The fourth-order valence-corrected chi connectivity index (χ4v) is 3.21. The van der Waals surface area contributed by atoms with Crippen molar-refractivity contribution in [1.29, 1.82) is 0 Å².